The van der Waals surface area contributed by atoms with Crippen molar-refractivity contribution in [2.75, 3.05) is 6.54 Å². The van der Waals surface area contributed by atoms with E-state index >= 15 is 0 Å². The Bertz CT molecular complexity index is 519. The number of aromatic nitrogens is 1. The normalized spacial score (nSPS) is 12.8. The zero-order chi connectivity index (χ0) is 13.0. The molecule has 0 saturated carbocycles. The lowest BCUT2D eigenvalue weighted by Crippen LogP contribution is -2.30. The van der Waals surface area contributed by atoms with Gasteiger partial charge in [-0.1, -0.05) is 32.0 Å². The molecule has 0 aliphatic rings. The zero-order valence-electron chi connectivity index (χ0n) is 11.5. The highest BCUT2D eigenvalue weighted by Crippen LogP contribution is 2.17. The molecule has 0 radical (unpaired) electrons. The fourth-order valence-electron chi connectivity index (χ4n) is 2.35. The van der Waals surface area contributed by atoms with Crippen LogP contribution in [0.2, 0.25) is 0 Å². The van der Waals surface area contributed by atoms with Crippen molar-refractivity contribution in [2.24, 2.45) is 0 Å². The molecule has 0 fully saturated rings. The summed E-state index contributed by atoms with van der Waals surface area (Å²) >= 11 is 0. The van der Waals surface area contributed by atoms with Crippen LogP contribution in [0.4, 0.5) is 0 Å². The Labute approximate surface area is 109 Å². The van der Waals surface area contributed by atoms with Crippen LogP contribution in [-0.2, 0) is 6.42 Å². The Hall–Kier alpha value is -1.41. The number of aryl methyl sites for hydroxylation is 1. The maximum Gasteiger partial charge on any atom is 0.0705 e. The summed E-state index contributed by atoms with van der Waals surface area (Å²) in [6.07, 6.45) is 2.16. The Balaban J connectivity index is 2.29. The average Bonchev–Trinajstić information content (AvgIpc) is 2.39. The van der Waals surface area contributed by atoms with Gasteiger partial charge in [0, 0.05) is 23.5 Å². The molecule has 0 aliphatic carbocycles. The molecular weight excluding hydrogens is 220 g/mol. The van der Waals surface area contributed by atoms with Crippen molar-refractivity contribution in [3.8, 4) is 0 Å². The van der Waals surface area contributed by atoms with E-state index < -0.39 is 0 Å². The van der Waals surface area contributed by atoms with Crippen molar-refractivity contribution in [3.63, 3.8) is 0 Å². The molecule has 1 N–H and O–H groups in total. The van der Waals surface area contributed by atoms with Crippen LogP contribution in [0.15, 0.2) is 30.3 Å². The van der Waals surface area contributed by atoms with Gasteiger partial charge in [0.25, 0.3) is 0 Å². The highest BCUT2D eigenvalue weighted by atomic mass is 14.9. The summed E-state index contributed by atoms with van der Waals surface area (Å²) in [6.45, 7) is 7.56. The summed E-state index contributed by atoms with van der Waals surface area (Å²) in [5, 5.41) is 4.75. The second-order valence-corrected chi connectivity index (χ2v) is 4.81. The molecule has 2 rings (SSSR count). The first-order valence-electron chi connectivity index (χ1n) is 6.83. The molecule has 1 aromatic carbocycles. The van der Waals surface area contributed by atoms with Crippen LogP contribution >= 0.6 is 0 Å². The van der Waals surface area contributed by atoms with Gasteiger partial charge < -0.3 is 5.32 Å². The molecule has 96 valence electrons. The van der Waals surface area contributed by atoms with E-state index in [2.05, 4.69) is 56.4 Å². The van der Waals surface area contributed by atoms with Gasteiger partial charge in [0.1, 0.15) is 0 Å². The molecule has 18 heavy (non-hydrogen) atoms. The van der Waals surface area contributed by atoms with E-state index in [0.717, 1.165) is 24.9 Å². The fraction of sp³-hybridized carbons (Fsp3) is 0.438. The topological polar surface area (TPSA) is 24.9 Å². The second kappa shape index (κ2) is 5.96. The molecule has 1 atom stereocenters. The van der Waals surface area contributed by atoms with Gasteiger partial charge in [0.15, 0.2) is 0 Å². The van der Waals surface area contributed by atoms with Crippen molar-refractivity contribution in [2.45, 2.75) is 39.7 Å². The van der Waals surface area contributed by atoms with Crippen LogP contribution in [0.3, 0.4) is 0 Å². The minimum Gasteiger partial charge on any atom is -0.314 e. The largest absolute Gasteiger partial charge is 0.314 e. The first-order chi connectivity index (χ1) is 8.74. The Morgan fingerprint density at radius 1 is 1.22 bits per heavy atom. The van der Waals surface area contributed by atoms with Gasteiger partial charge in [-0.2, -0.15) is 0 Å². The predicted molar refractivity (Wildman–Crippen MR) is 77.9 cm³/mol. The lowest BCUT2D eigenvalue weighted by atomic mass is 10.0. The van der Waals surface area contributed by atoms with Crippen LogP contribution in [0.25, 0.3) is 10.9 Å². The number of likely N-dealkylation sites (N-methyl/N-ethyl adjacent to an activating group) is 1. The third kappa shape index (κ3) is 2.88. The van der Waals surface area contributed by atoms with Gasteiger partial charge in [-0.3, -0.25) is 4.98 Å². The van der Waals surface area contributed by atoms with Crippen molar-refractivity contribution in [3.05, 3.63) is 41.6 Å². The number of fused-ring (bicyclic) bond motifs is 1. The first kappa shape index (κ1) is 13.0. The number of hydrogen-bond acceptors (Lipinski definition) is 2. The van der Waals surface area contributed by atoms with E-state index in [9.17, 15) is 0 Å². The maximum absolute atomic E-state index is 4.80. The van der Waals surface area contributed by atoms with E-state index in [1.54, 1.807) is 0 Å². The molecule has 1 heterocycles. The Morgan fingerprint density at radius 2 is 2.00 bits per heavy atom. The Kier molecular flexibility index (Phi) is 4.32. The van der Waals surface area contributed by atoms with Crippen LogP contribution in [-0.4, -0.2) is 17.6 Å². The molecule has 1 unspecified atom stereocenters. The van der Waals surface area contributed by atoms with Gasteiger partial charge in [-0.25, -0.2) is 0 Å². The number of rotatable bonds is 5. The smallest absolute Gasteiger partial charge is 0.0705 e. The Morgan fingerprint density at radius 3 is 2.72 bits per heavy atom. The third-order valence-electron chi connectivity index (χ3n) is 3.44. The molecule has 0 spiro atoms. The highest BCUT2D eigenvalue weighted by molar-refractivity contribution is 5.79. The van der Waals surface area contributed by atoms with Crippen molar-refractivity contribution < 1.29 is 0 Å². The van der Waals surface area contributed by atoms with Crippen LogP contribution in [0.5, 0.6) is 0 Å². The standard InChI is InChI=1S/C16H22N2/c1-4-14(17-5-2)11-16-12(3)10-13-8-6-7-9-15(13)18-16/h6-10,14,17H,4-5,11H2,1-3H3. The molecule has 0 saturated heterocycles. The summed E-state index contributed by atoms with van der Waals surface area (Å²) in [5.41, 5.74) is 3.62. The van der Waals surface area contributed by atoms with Crippen LogP contribution in [0.1, 0.15) is 31.5 Å². The maximum atomic E-state index is 4.80. The lowest BCUT2D eigenvalue weighted by molar-refractivity contribution is 0.505. The number of para-hydroxylation sites is 1. The monoisotopic (exact) mass is 242 g/mol. The zero-order valence-corrected chi connectivity index (χ0v) is 11.5. The SMILES string of the molecule is CCNC(CC)Cc1nc2ccccc2cc1C. The predicted octanol–water partition coefficient (Wildman–Crippen LogP) is 3.47. The molecule has 0 amide bonds. The fourth-order valence-corrected chi connectivity index (χ4v) is 2.35. The second-order valence-electron chi connectivity index (χ2n) is 4.81. The van der Waals surface area contributed by atoms with E-state index in [-0.39, 0.29) is 0 Å². The third-order valence-corrected chi connectivity index (χ3v) is 3.44. The summed E-state index contributed by atoms with van der Waals surface area (Å²) in [6, 6.07) is 11.1. The summed E-state index contributed by atoms with van der Waals surface area (Å²) < 4.78 is 0. The quantitative estimate of drug-likeness (QED) is 0.868. The van der Waals surface area contributed by atoms with Gasteiger partial charge in [-0.15, -0.1) is 0 Å². The van der Waals surface area contributed by atoms with E-state index in [0.29, 0.717) is 6.04 Å². The van der Waals surface area contributed by atoms with Crippen molar-refractivity contribution in [1.29, 1.82) is 0 Å². The number of nitrogens with one attached hydrogen (secondary N) is 1. The van der Waals surface area contributed by atoms with Gasteiger partial charge in [-0.05, 0) is 37.6 Å². The van der Waals surface area contributed by atoms with E-state index in [1.165, 1.54) is 16.6 Å². The molecular formula is C16H22N2. The minimum absolute atomic E-state index is 0.530. The van der Waals surface area contributed by atoms with Gasteiger partial charge in [0.2, 0.25) is 0 Å². The summed E-state index contributed by atoms with van der Waals surface area (Å²) in [7, 11) is 0. The van der Waals surface area contributed by atoms with Crippen molar-refractivity contribution >= 4 is 10.9 Å². The highest BCUT2D eigenvalue weighted by Gasteiger charge is 2.10. The number of hydrogen-bond donors (Lipinski definition) is 1. The first-order valence-corrected chi connectivity index (χ1v) is 6.83. The summed E-state index contributed by atoms with van der Waals surface area (Å²) in [4.78, 5) is 4.80. The number of pyridine rings is 1. The van der Waals surface area contributed by atoms with E-state index in [1.807, 2.05) is 0 Å². The minimum atomic E-state index is 0.530. The van der Waals surface area contributed by atoms with Gasteiger partial charge in [0.05, 0.1) is 5.52 Å². The van der Waals surface area contributed by atoms with Crippen LogP contribution < -0.4 is 5.32 Å². The van der Waals surface area contributed by atoms with Gasteiger partial charge >= 0.3 is 0 Å². The molecule has 2 heteroatoms. The lowest BCUT2D eigenvalue weighted by Gasteiger charge is -2.17. The molecule has 1 aromatic heterocycles. The summed E-state index contributed by atoms with van der Waals surface area (Å²) in [5.74, 6) is 0. The van der Waals surface area contributed by atoms with Crippen LogP contribution in [0, 0.1) is 6.92 Å². The van der Waals surface area contributed by atoms with E-state index in [4.69, 9.17) is 4.98 Å². The molecule has 0 aliphatic heterocycles. The number of nitrogens with zero attached hydrogens (tertiary/aromatic N) is 1. The number of benzene rings is 1. The molecule has 0 bridgehead atoms. The average molecular weight is 242 g/mol. The van der Waals surface area contributed by atoms with Crippen molar-refractivity contribution in [1.82, 2.24) is 10.3 Å². The molecule has 2 aromatic rings. The molecule has 2 nitrogen and oxygen atoms in total.